The SMILES string of the molecule is CN1CCN(CC(=O)c2cc3c(cc2Br)OCCCO3)CC1. The number of carbonyl (C=O) groups is 1. The van der Waals surface area contributed by atoms with Gasteiger partial charge in [0.2, 0.25) is 0 Å². The van der Waals surface area contributed by atoms with Crippen molar-refractivity contribution in [3.8, 4) is 11.5 Å². The minimum absolute atomic E-state index is 0.118. The average molecular weight is 369 g/mol. The molecule has 2 aliphatic heterocycles. The maximum atomic E-state index is 12.6. The predicted molar refractivity (Wildman–Crippen MR) is 88.0 cm³/mol. The Morgan fingerprint density at radius 1 is 1.14 bits per heavy atom. The number of carbonyl (C=O) groups excluding carboxylic acids is 1. The summed E-state index contributed by atoms with van der Waals surface area (Å²) in [6.07, 6.45) is 0.858. The van der Waals surface area contributed by atoms with Crippen LogP contribution in [0.15, 0.2) is 16.6 Å². The summed E-state index contributed by atoms with van der Waals surface area (Å²) in [5, 5.41) is 0. The van der Waals surface area contributed by atoms with Gasteiger partial charge in [-0.05, 0) is 35.1 Å². The monoisotopic (exact) mass is 368 g/mol. The van der Waals surface area contributed by atoms with Gasteiger partial charge in [-0.15, -0.1) is 0 Å². The first kappa shape index (κ1) is 15.8. The Balaban J connectivity index is 1.73. The van der Waals surface area contributed by atoms with Gasteiger partial charge >= 0.3 is 0 Å². The molecule has 0 bridgehead atoms. The number of Topliss-reactive ketones (excluding diaryl/α,β-unsaturated/α-hetero) is 1. The molecule has 6 heteroatoms. The summed E-state index contributed by atoms with van der Waals surface area (Å²) >= 11 is 3.49. The van der Waals surface area contributed by atoms with E-state index >= 15 is 0 Å². The highest BCUT2D eigenvalue weighted by Gasteiger charge is 2.21. The number of piperazine rings is 1. The Hall–Kier alpha value is -1.11. The van der Waals surface area contributed by atoms with E-state index in [2.05, 4.69) is 32.8 Å². The van der Waals surface area contributed by atoms with Crippen molar-refractivity contribution in [3.63, 3.8) is 0 Å². The number of halogens is 1. The number of ether oxygens (including phenoxy) is 2. The number of hydrogen-bond acceptors (Lipinski definition) is 5. The minimum atomic E-state index is 0.118. The van der Waals surface area contributed by atoms with Crippen LogP contribution < -0.4 is 9.47 Å². The number of likely N-dealkylation sites (N-methyl/N-ethyl adjacent to an activating group) is 1. The minimum Gasteiger partial charge on any atom is -0.490 e. The molecule has 1 aromatic rings. The molecule has 0 aromatic heterocycles. The van der Waals surface area contributed by atoms with Crippen molar-refractivity contribution >= 4 is 21.7 Å². The van der Waals surface area contributed by atoms with E-state index < -0.39 is 0 Å². The highest BCUT2D eigenvalue weighted by atomic mass is 79.9. The maximum Gasteiger partial charge on any atom is 0.178 e. The molecule has 3 rings (SSSR count). The van der Waals surface area contributed by atoms with Gasteiger partial charge in [0.05, 0.1) is 19.8 Å². The zero-order valence-corrected chi connectivity index (χ0v) is 14.4. The van der Waals surface area contributed by atoms with Crippen molar-refractivity contribution in [3.05, 3.63) is 22.2 Å². The van der Waals surface area contributed by atoms with E-state index in [1.54, 1.807) is 0 Å². The van der Waals surface area contributed by atoms with Crippen LogP contribution in [0.1, 0.15) is 16.8 Å². The van der Waals surface area contributed by atoms with Gasteiger partial charge in [-0.2, -0.15) is 0 Å². The fourth-order valence-electron chi connectivity index (χ4n) is 2.69. The third-order valence-electron chi connectivity index (χ3n) is 4.10. The molecule has 22 heavy (non-hydrogen) atoms. The van der Waals surface area contributed by atoms with Gasteiger partial charge in [0.25, 0.3) is 0 Å². The summed E-state index contributed by atoms with van der Waals surface area (Å²) < 4.78 is 12.1. The third-order valence-corrected chi connectivity index (χ3v) is 4.76. The van der Waals surface area contributed by atoms with Crippen molar-refractivity contribution in [1.82, 2.24) is 9.80 Å². The second kappa shape index (κ2) is 6.98. The van der Waals surface area contributed by atoms with Gasteiger partial charge in [-0.1, -0.05) is 0 Å². The molecule has 1 aromatic carbocycles. The lowest BCUT2D eigenvalue weighted by Crippen LogP contribution is -2.46. The predicted octanol–water partition coefficient (Wildman–Crippen LogP) is 2.04. The van der Waals surface area contributed by atoms with Crippen LogP contribution in [0.4, 0.5) is 0 Å². The first-order valence-corrected chi connectivity index (χ1v) is 8.46. The zero-order valence-electron chi connectivity index (χ0n) is 12.8. The van der Waals surface area contributed by atoms with Crippen LogP contribution in [-0.4, -0.2) is 68.6 Å². The van der Waals surface area contributed by atoms with Crippen molar-refractivity contribution in [2.45, 2.75) is 6.42 Å². The lowest BCUT2D eigenvalue weighted by Gasteiger charge is -2.31. The molecular formula is C16H21BrN2O3. The number of rotatable bonds is 3. The van der Waals surface area contributed by atoms with Crippen LogP contribution in [0.2, 0.25) is 0 Å². The fraction of sp³-hybridized carbons (Fsp3) is 0.562. The largest absolute Gasteiger partial charge is 0.490 e. The van der Waals surface area contributed by atoms with Gasteiger partial charge < -0.3 is 14.4 Å². The molecular weight excluding hydrogens is 348 g/mol. The molecule has 0 saturated carbocycles. The number of hydrogen-bond donors (Lipinski definition) is 0. The van der Waals surface area contributed by atoms with E-state index in [1.807, 2.05) is 12.1 Å². The molecule has 0 amide bonds. The molecule has 0 N–H and O–H groups in total. The number of benzene rings is 1. The van der Waals surface area contributed by atoms with E-state index in [9.17, 15) is 4.79 Å². The third kappa shape index (κ3) is 3.62. The number of nitrogens with zero attached hydrogens (tertiary/aromatic N) is 2. The van der Waals surface area contributed by atoms with Gasteiger partial charge in [-0.3, -0.25) is 9.69 Å². The normalized spacial score (nSPS) is 19.7. The Labute approximate surface area is 139 Å². The van der Waals surface area contributed by atoms with Crippen LogP contribution in [0.3, 0.4) is 0 Å². The average Bonchev–Trinajstić information content (AvgIpc) is 2.73. The maximum absolute atomic E-state index is 12.6. The number of ketones is 1. The van der Waals surface area contributed by atoms with Crippen LogP contribution in [0.5, 0.6) is 11.5 Å². The molecule has 0 radical (unpaired) electrons. The van der Waals surface area contributed by atoms with Gasteiger partial charge in [-0.25, -0.2) is 0 Å². The Kier molecular flexibility index (Phi) is 5.00. The van der Waals surface area contributed by atoms with Gasteiger partial charge in [0.15, 0.2) is 17.3 Å². The smallest absolute Gasteiger partial charge is 0.178 e. The fourth-order valence-corrected chi connectivity index (χ4v) is 3.24. The van der Waals surface area contributed by atoms with Crippen LogP contribution in [0.25, 0.3) is 0 Å². The van der Waals surface area contributed by atoms with Gasteiger partial charge in [0, 0.05) is 42.6 Å². The number of fused-ring (bicyclic) bond motifs is 1. The summed E-state index contributed by atoms with van der Waals surface area (Å²) in [7, 11) is 2.11. The lowest BCUT2D eigenvalue weighted by atomic mass is 10.1. The summed E-state index contributed by atoms with van der Waals surface area (Å²) in [5.41, 5.74) is 0.670. The van der Waals surface area contributed by atoms with E-state index in [-0.39, 0.29) is 5.78 Å². The Morgan fingerprint density at radius 3 is 2.45 bits per heavy atom. The molecule has 1 fully saturated rings. The van der Waals surface area contributed by atoms with E-state index in [4.69, 9.17) is 9.47 Å². The molecule has 2 heterocycles. The molecule has 0 spiro atoms. The summed E-state index contributed by atoms with van der Waals surface area (Å²) in [5.74, 6) is 1.50. The van der Waals surface area contributed by atoms with E-state index in [1.165, 1.54) is 0 Å². The van der Waals surface area contributed by atoms with Gasteiger partial charge in [0.1, 0.15) is 0 Å². The highest BCUT2D eigenvalue weighted by Crippen LogP contribution is 2.35. The quantitative estimate of drug-likeness (QED) is 0.763. The zero-order chi connectivity index (χ0) is 15.5. The van der Waals surface area contributed by atoms with Crippen LogP contribution in [-0.2, 0) is 0 Å². The standard InChI is InChI=1S/C16H21BrN2O3/c1-18-3-5-19(6-4-18)11-14(20)12-9-15-16(10-13(12)17)22-8-2-7-21-15/h9-10H,2-8,11H2,1H3. The van der Waals surface area contributed by atoms with Crippen LogP contribution in [0, 0.1) is 0 Å². The first-order valence-electron chi connectivity index (χ1n) is 7.67. The molecule has 1 saturated heterocycles. The van der Waals surface area contributed by atoms with Crippen molar-refractivity contribution in [1.29, 1.82) is 0 Å². The summed E-state index contributed by atoms with van der Waals surface area (Å²) in [4.78, 5) is 17.1. The lowest BCUT2D eigenvalue weighted by molar-refractivity contribution is 0.0875. The molecule has 0 unspecified atom stereocenters. The Bertz CT molecular complexity index is 557. The molecule has 0 aliphatic carbocycles. The molecule has 5 nitrogen and oxygen atoms in total. The topological polar surface area (TPSA) is 42.0 Å². The van der Waals surface area contributed by atoms with Crippen molar-refractivity contribution in [2.24, 2.45) is 0 Å². The van der Waals surface area contributed by atoms with Crippen molar-refractivity contribution < 1.29 is 14.3 Å². The molecule has 0 atom stereocenters. The van der Waals surface area contributed by atoms with Crippen molar-refractivity contribution in [2.75, 3.05) is 53.0 Å². The van der Waals surface area contributed by atoms with E-state index in [0.717, 1.165) is 37.1 Å². The summed E-state index contributed by atoms with van der Waals surface area (Å²) in [6, 6.07) is 3.65. The second-order valence-corrected chi connectivity index (χ2v) is 6.69. The molecule has 120 valence electrons. The first-order chi connectivity index (χ1) is 10.6. The van der Waals surface area contributed by atoms with E-state index in [0.29, 0.717) is 36.8 Å². The van der Waals surface area contributed by atoms with Crippen LogP contribution >= 0.6 is 15.9 Å². The highest BCUT2D eigenvalue weighted by molar-refractivity contribution is 9.10. The second-order valence-electron chi connectivity index (χ2n) is 5.83. The Morgan fingerprint density at radius 2 is 1.77 bits per heavy atom. The molecule has 2 aliphatic rings. The summed E-state index contributed by atoms with van der Waals surface area (Å²) in [6.45, 7) is 5.61.